The number of amides is 2. The molecule has 1 atom stereocenters. The first-order chi connectivity index (χ1) is 18.1. The summed E-state index contributed by atoms with van der Waals surface area (Å²) >= 11 is 1.44. The van der Waals surface area contributed by atoms with Gasteiger partial charge in [-0.15, -0.1) is 16.4 Å². The molecule has 1 fully saturated rings. The third kappa shape index (κ3) is 5.29. The monoisotopic (exact) mass is 519 g/mol. The van der Waals surface area contributed by atoms with E-state index in [2.05, 4.69) is 15.6 Å². The molecule has 1 aliphatic carbocycles. The number of para-hydroxylation sites is 1. The molecule has 1 saturated carbocycles. The normalized spacial score (nSPS) is 14.4. The molecule has 5 rings (SSSR count). The van der Waals surface area contributed by atoms with Crippen LogP contribution in [0, 0.1) is 0 Å². The summed E-state index contributed by atoms with van der Waals surface area (Å²) in [6.07, 6.45) is 4.05. The van der Waals surface area contributed by atoms with E-state index in [1.807, 2.05) is 41.8 Å². The summed E-state index contributed by atoms with van der Waals surface area (Å²) < 4.78 is 12.5. The van der Waals surface area contributed by atoms with E-state index >= 15 is 0 Å². The number of hydrogen-bond acceptors (Lipinski definition) is 7. The van der Waals surface area contributed by atoms with Crippen molar-refractivity contribution in [2.24, 2.45) is 0 Å². The van der Waals surface area contributed by atoms with Crippen molar-refractivity contribution in [2.45, 2.75) is 44.3 Å². The van der Waals surface area contributed by atoms with Crippen LogP contribution >= 0.6 is 11.3 Å². The summed E-state index contributed by atoms with van der Waals surface area (Å²) in [5.41, 5.74) is 1.92. The number of nitrogens with one attached hydrogen (secondary N) is 1. The van der Waals surface area contributed by atoms with E-state index in [4.69, 9.17) is 9.47 Å². The van der Waals surface area contributed by atoms with E-state index in [1.165, 1.54) is 16.2 Å². The number of benzene rings is 2. The Labute approximate surface area is 219 Å². The van der Waals surface area contributed by atoms with Gasteiger partial charge in [-0.3, -0.25) is 14.5 Å². The molecule has 2 aromatic carbocycles. The quantitative estimate of drug-likeness (QED) is 0.353. The van der Waals surface area contributed by atoms with E-state index in [0.717, 1.165) is 36.1 Å². The average Bonchev–Trinajstić information content (AvgIpc) is 3.70. The van der Waals surface area contributed by atoms with Crippen LogP contribution in [0.15, 0.2) is 60.0 Å². The number of rotatable bonds is 9. The van der Waals surface area contributed by atoms with Crippen LogP contribution in [0.1, 0.15) is 36.6 Å². The van der Waals surface area contributed by atoms with Crippen LogP contribution in [0.25, 0.3) is 11.0 Å². The summed E-state index contributed by atoms with van der Waals surface area (Å²) in [5, 5.41) is 13.5. The molecule has 192 valence electrons. The van der Waals surface area contributed by atoms with Gasteiger partial charge in [0.05, 0.1) is 25.4 Å². The minimum absolute atomic E-state index is 0.0986. The van der Waals surface area contributed by atoms with E-state index in [9.17, 15) is 9.59 Å². The van der Waals surface area contributed by atoms with Crippen molar-refractivity contribution in [3.63, 3.8) is 0 Å². The predicted octanol–water partition coefficient (Wildman–Crippen LogP) is 4.34. The fourth-order valence-corrected chi connectivity index (χ4v) is 5.59. The molecule has 0 aliphatic heterocycles. The van der Waals surface area contributed by atoms with Crippen molar-refractivity contribution in [3.8, 4) is 11.5 Å². The Kier molecular flexibility index (Phi) is 7.36. The van der Waals surface area contributed by atoms with Gasteiger partial charge in [-0.2, -0.15) is 0 Å². The maximum atomic E-state index is 14.1. The molecule has 1 aliphatic rings. The van der Waals surface area contributed by atoms with Crippen molar-refractivity contribution in [2.75, 3.05) is 19.1 Å². The van der Waals surface area contributed by atoms with Crippen LogP contribution < -0.4 is 19.7 Å². The molecule has 0 saturated heterocycles. The summed E-state index contributed by atoms with van der Waals surface area (Å²) in [6.45, 7) is -0.0986. The Bertz CT molecular complexity index is 1360. The van der Waals surface area contributed by atoms with Crippen molar-refractivity contribution in [1.29, 1.82) is 0 Å². The van der Waals surface area contributed by atoms with Gasteiger partial charge in [-0.05, 0) is 36.4 Å². The van der Waals surface area contributed by atoms with Gasteiger partial charge in [0.25, 0.3) is 0 Å². The van der Waals surface area contributed by atoms with Gasteiger partial charge in [-0.25, -0.2) is 4.68 Å². The fraction of sp³-hybridized carbons (Fsp3) is 0.333. The standard InChI is InChI=1S/C27H29N5O4S/c1-35-20-14-19(15-21(16-20)36-2)32(25(33)17-31-23-11-6-5-10-22(23)29-30-31)26(24-12-7-13-37-24)27(34)28-18-8-3-4-9-18/h5-7,10-16,18,26H,3-4,8-9,17H2,1-2H3,(H,28,34)/t26-/m0/s1. The van der Waals surface area contributed by atoms with Crippen LogP contribution in [-0.4, -0.2) is 47.1 Å². The predicted molar refractivity (Wildman–Crippen MR) is 142 cm³/mol. The topological polar surface area (TPSA) is 98.6 Å². The second-order valence-electron chi connectivity index (χ2n) is 8.98. The number of hydrogen-bond donors (Lipinski definition) is 1. The van der Waals surface area contributed by atoms with Crippen LogP contribution in [-0.2, 0) is 16.1 Å². The average molecular weight is 520 g/mol. The fourth-order valence-electron chi connectivity index (χ4n) is 4.78. The molecule has 2 amide bonds. The molecule has 0 spiro atoms. The van der Waals surface area contributed by atoms with Crippen LogP contribution in [0.2, 0.25) is 0 Å². The number of nitrogens with zero attached hydrogens (tertiary/aromatic N) is 4. The largest absolute Gasteiger partial charge is 0.497 e. The molecular weight excluding hydrogens is 490 g/mol. The number of ether oxygens (including phenoxy) is 2. The molecule has 0 bridgehead atoms. The van der Waals surface area contributed by atoms with Gasteiger partial charge in [0, 0.05) is 29.1 Å². The van der Waals surface area contributed by atoms with Crippen molar-refractivity contribution in [3.05, 3.63) is 64.9 Å². The van der Waals surface area contributed by atoms with Gasteiger partial charge in [-0.1, -0.05) is 36.3 Å². The molecule has 2 heterocycles. The first-order valence-electron chi connectivity index (χ1n) is 12.2. The van der Waals surface area contributed by atoms with E-state index in [-0.39, 0.29) is 24.4 Å². The third-order valence-corrected chi connectivity index (χ3v) is 7.53. The summed E-state index contributed by atoms with van der Waals surface area (Å²) in [5.74, 6) is 0.498. The lowest BCUT2D eigenvalue weighted by Crippen LogP contribution is -2.47. The molecule has 0 unspecified atom stereocenters. The Morgan fingerprint density at radius 3 is 2.49 bits per heavy atom. The molecule has 10 heteroatoms. The molecule has 4 aromatic rings. The lowest BCUT2D eigenvalue weighted by atomic mass is 10.1. The zero-order valence-electron chi connectivity index (χ0n) is 20.8. The highest BCUT2D eigenvalue weighted by atomic mass is 32.1. The lowest BCUT2D eigenvalue weighted by molar-refractivity contribution is -0.127. The van der Waals surface area contributed by atoms with Crippen LogP contribution in [0.3, 0.4) is 0 Å². The molecule has 1 N–H and O–H groups in total. The van der Waals surface area contributed by atoms with Crippen LogP contribution in [0.5, 0.6) is 11.5 Å². The zero-order chi connectivity index (χ0) is 25.8. The molecule has 2 aromatic heterocycles. The summed E-state index contributed by atoms with van der Waals surface area (Å²) in [6, 6.07) is 15.7. The highest BCUT2D eigenvalue weighted by Gasteiger charge is 2.36. The highest BCUT2D eigenvalue weighted by molar-refractivity contribution is 7.10. The molecule has 9 nitrogen and oxygen atoms in total. The maximum absolute atomic E-state index is 14.1. The molecule has 37 heavy (non-hydrogen) atoms. The first-order valence-corrected chi connectivity index (χ1v) is 13.1. The number of methoxy groups -OCH3 is 2. The number of carbonyl (C=O) groups is 2. The SMILES string of the molecule is COc1cc(OC)cc(N(C(=O)Cn2nnc3ccccc32)[C@H](C(=O)NC2CCCC2)c2cccs2)c1. The number of thiophene rings is 1. The number of carbonyl (C=O) groups excluding carboxylic acids is 2. The van der Waals surface area contributed by atoms with E-state index in [0.29, 0.717) is 22.7 Å². The van der Waals surface area contributed by atoms with Gasteiger partial charge in [0.15, 0.2) is 0 Å². The number of aromatic nitrogens is 3. The van der Waals surface area contributed by atoms with E-state index < -0.39 is 6.04 Å². The Morgan fingerprint density at radius 2 is 1.81 bits per heavy atom. The Morgan fingerprint density at radius 1 is 1.08 bits per heavy atom. The minimum Gasteiger partial charge on any atom is -0.497 e. The minimum atomic E-state index is -0.875. The Balaban J connectivity index is 1.59. The van der Waals surface area contributed by atoms with Gasteiger partial charge in [0.1, 0.15) is 29.6 Å². The smallest absolute Gasteiger partial charge is 0.249 e. The maximum Gasteiger partial charge on any atom is 0.249 e. The van der Waals surface area contributed by atoms with Gasteiger partial charge >= 0.3 is 0 Å². The molecular formula is C27H29N5O4S. The first kappa shape index (κ1) is 24.8. The van der Waals surface area contributed by atoms with Gasteiger partial charge in [0.2, 0.25) is 11.8 Å². The van der Waals surface area contributed by atoms with Crippen molar-refractivity contribution in [1.82, 2.24) is 20.3 Å². The molecule has 0 radical (unpaired) electrons. The van der Waals surface area contributed by atoms with Gasteiger partial charge < -0.3 is 14.8 Å². The number of anilines is 1. The summed E-state index contributed by atoms with van der Waals surface area (Å²) in [4.78, 5) is 30.2. The van der Waals surface area contributed by atoms with Crippen molar-refractivity contribution < 1.29 is 19.1 Å². The summed E-state index contributed by atoms with van der Waals surface area (Å²) in [7, 11) is 3.10. The second-order valence-corrected chi connectivity index (χ2v) is 9.96. The van der Waals surface area contributed by atoms with Crippen LogP contribution in [0.4, 0.5) is 5.69 Å². The second kappa shape index (κ2) is 11.0. The van der Waals surface area contributed by atoms with E-state index in [1.54, 1.807) is 37.1 Å². The lowest BCUT2D eigenvalue weighted by Gasteiger charge is -2.32. The number of fused-ring (bicyclic) bond motifs is 1. The zero-order valence-corrected chi connectivity index (χ0v) is 21.6. The van der Waals surface area contributed by atoms with Crippen molar-refractivity contribution >= 4 is 39.9 Å². The highest BCUT2D eigenvalue weighted by Crippen LogP contribution is 2.36. The third-order valence-electron chi connectivity index (χ3n) is 6.61. The Hall–Kier alpha value is -3.92.